The molecule has 1 aromatic rings. The molecule has 2 saturated carbocycles. The van der Waals surface area contributed by atoms with Gasteiger partial charge in [-0.15, -0.1) is 0 Å². The van der Waals surface area contributed by atoms with Crippen LogP contribution in [0, 0.1) is 0 Å². The largest absolute Gasteiger partial charge is 0.353 e. The maximum absolute atomic E-state index is 12.0. The van der Waals surface area contributed by atoms with Crippen molar-refractivity contribution < 1.29 is 4.79 Å². The van der Waals surface area contributed by atoms with Crippen LogP contribution in [0.4, 0.5) is 0 Å². The molecule has 0 saturated heterocycles. The molecule has 1 aromatic carbocycles. The lowest BCUT2D eigenvalue weighted by Crippen LogP contribution is -2.29. The minimum absolute atomic E-state index is 0.0763. The van der Waals surface area contributed by atoms with Crippen LogP contribution in [0.15, 0.2) is 24.3 Å². The van der Waals surface area contributed by atoms with Gasteiger partial charge in [-0.25, -0.2) is 0 Å². The van der Waals surface area contributed by atoms with Crippen molar-refractivity contribution in [3.05, 3.63) is 35.4 Å². The molecule has 2 aliphatic carbocycles. The summed E-state index contributed by atoms with van der Waals surface area (Å²) in [6.07, 6.45) is 4.41. The Labute approximate surface area is 108 Å². The van der Waals surface area contributed by atoms with Crippen LogP contribution in [-0.4, -0.2) is 11.9 Å². The molecule has 0 radical (unpaired) electrons. The van der Waals surface area contributed by atoms with E-state index in [-0.39, 0.29) is 17.4 Å². The predicted octanol–water partition coefficient (Wildman–Crippen LogP) is 2.02. The van der Waals surface area contributed by atoms with Crippen molar-refractivity contribution in [2.75, 3.05) is 0 Å². The van der Waals surface area contributed by atoms with E-state index in [1.165, 1.54) is 5.56 Å². The van der Waals surface area contributed by atoms with Crippen molar-refractivity contribution in [3.8, 4) is 0 Å². The van der Waals surface area contributed by atoms with Crippen molar-refractivity contribution >= 4 is 5.91 Å². The summed E-state index contributed by atoms with van der Waals surface area (Å²) in [5.41, 5.74) is 8.33. The van der Waals surface area contributed by atoms with Crippen LogP contribution in [0.3, 0.4) is 0 Å². The van der Waals surface area contributed by atoms with E-state index in [1.807, 2.05) is 19.1 Å². The smallest absolute Gasteiger partial charge is 0.227 e. The Balaban J connectivity index is 1.69. The van der Waals surface area contributed by atoms with Gasteiger partial charge in [0, 0.05) is 11.6 Å². The molecule has 0 aliphatic heterocycles. The Kier molecular flexibility index (Phi) is 2.67. The number of nitrogens with one attached hydrogen (secondary N) is 1. The van der Waals surface area contributed by atoms with Crippen LogP contribution in [0.25, 0.3) is 0 Å². The Morgan fingerprint density at radius 3 is 2.44 bits per heavy atom. The zero-order valence-corrected chi connectivity index (χ0v) is 10.8. The molecule has 18 heavy (non-hydrogen) atoms. The second-order valence-corrected chi connectivity index (χ2v) is 5.78. The second kappa shape index (κ2) is 4.09. The number of hydrogen-bond acceptors (Lipinski definition) is 2. The van der Waals surface area contributed by atoms with E-state index in [9.17, 15) is 4.79 Å². The van der Waals surface area contributed by atoms with Crippen LogP contribution in [-0.2, 0) is 10.3 Å². The van der Waals surface area contributed by atoms with Gasteiger partial charge in [0.25, 0.3) is 0 Å². The van der Waals surface area contributed by atoms with Crippen LogP contribution >= 0.6 is 0 Å². The Bertz CT molecular complexity index is 458. The normalized spacial score (nSPS) is 22.3. The standard InChI is InChI=1S/C15H20N2O/c1-10(14(18)17-13-6-7-13)11-2-4-12(5-3-11)15(16)8-9-15/h2-5,10,13H,6-9,16H2,1H3,(H,17,18). The van der Waals surface area contributed by atoms with Gasteiger partial charge in [-0.1, -0.05) is 24.3 Å². The third kappa shape index (κ3) is 2.27. The van der Waals surface area contributed by atoms with E-state index in [2.05, 4.69) is 17.4 Å². The number of rotatable bonds is 4. The summed E-state index contributed by atoms with van der Waals surface area (Å²) >= 11 is 0. The van der Waals surface area contributed by atoms with E-state index in [0.29, 0.717) is 6.04 Å². The van der Waals surface area contributed by atoms with Crippen molar-refractivity contribution in [1.82, 2.24) is 5.32 Å². The highest BCUT2D eigenvalue weighted by molar-refractivity contribution is 5.83. The molecule has 3 N–H and O–H groups in total. The number of carbonyl (C=O) groups excluding carboxylic acids is 1. The maximum atomic E-state index is 12.0. The third-order valence-electron chi connectivity index (χ3n) is 4.09. The molecule has 1 atom stereocenters. The Morgan fingerprint density at radius 1 is 1.33 bits per heavy atom. The lowest BCUT2D eigenvalue weighted by molar-refractivity contribution is -0.122. The van der Waals surface area contributed by atoms with Crippen LogP contribution in [0.1, 0.15) is 49.7 Å². The van der Waals surface area contributed by atoms with E-state index in [1.54, 1.807) is 0 Å². The summed E-state index contributed by atoms with van der Waals surface area (Å²) in [7, 11) is 0. The molecule has 1 amide bonds. The summed E-state index contributed by atoms with van der Waals surface area (Å²) in [6, 6.07) is 8.66. The highest BCUT2D eigenvalue weighted by Crippen LogP contribution is 2.42. The lowest BCUT2D eigenvalue weighted by Gasteiger charge is -2.14. The van der Waals surface area contributed by atoms with Gasteiger partial charge in [0.1, 0.15) is 0 Å². The fourth-order valence-electron chi connectivity index (χ4n) is 2.23. The van der Waals surface area contributed by atoms with Crippen LogP contribution in [0.5, 0.6) is 0 Å². The summed E-state index contributed by atoms with van der Waals surface area (Å²) in [6.45, 7) is 1.96. The van der Waals surface area contributed by atoms with Crippen molar-refractivity contribution in [2.24, 2.45) is 5.73 Å². The summed E-state index contributed by atoms with van der Waals surface area (Å²) in [5, 5.41) is 3.05. The first-order valence-electron chi connectivity index (χ1n) is 6.78. The average Bonchev–Trinajstić information content (AvgIpc) is 3.28. The van der Waals surface area contributed by atoms with Gasteiger partial charge in [0.05, 0.1) is 5.92 Å². The Hall–Kier alpha value is -1.35. The lowest BCUT2D eigenvalue weighted by atomic mass is 9.96. The average molecular weight is 244 g/mol. The second-order valence-electron chi connectivity index (χ2n) is 5.78. The number of amides is 1. The molecule has 3 nitrogen and oxygen atoms in total. The van der Waals surface area contributed by atoms with Crippen LogP contribution < -0.4 is 11.1 Å². The predicted molar refractivity (Wildman–Crippen MR) is 71.1 cm³/mol. The molecule has 2 aliphatic rings. The molecule has 2 fully saturated rings. The zero-order chi connectivity index (χ0) is 12.8. The van der Waals surface area contributed by atoms with E-state index >= 15 is 0 Å². The first kappa shape index (κ1) is 11.7. The van der Waals surface area contributed by atoms with Gasteiger partial charge in [-0.2, -0.15) is 0 Å². The topological polar surface area (TPSA) is 55.1 Å². The molecular weight excluding hydrogens is 224 g/mol. The van der Waals surface area contributed by atoms with Gasteiger partial charge in [-0.3, -0.25) is 4.79 Å². The highest BCUT2D eigenvalue weighted by atomic mass is 16.1. The summed E-state index contributed by atoms with van der Waals surface area (Å²) in [4.78, 5) is 12.0. The first-order valence-corrected chi connectivity index (χ1v) is 6.78. The molecule has 1 unspecified atom stereocenters. The van der Waals surface area contributed by atoms with Crippen molar-refractivity contribution in [3.63, 3.8) is 0 Å². The molecule has 0 aromatic heterocycles. The maximum Gasteiger partial charge on any atom is 0.227 e. The van der Waals surface area contributed by atoms with Gasteiger partial charge in [0.15, 0.2) is 0 Å². The summed E-state index contributed by atoms with van der Waals surface area (Å²) in [5.74, 6) is 0.0618. The Morgan fingerprint density at radius 2 is 1.94 bits per heavy atom. The van der Waals surface area contributed by atoms with Gasteiger partial charge >= 0.3 is 0 Å². The van der Waals surface area contributed by atoms with Gasteiger partial charge in [0.2, 0.25) is 5.91 Å². The molecule has 96 valence electrons. The molecule has 0 spiro atoms. The molecule has 0 heterocycles. The fraction of sp³-hybridized carbons (Fsp3) is 0.533. The molecule has 0 bridgehead atoms. The minimum Gasteiger partial charge on any atom is -0.353 e. The van der Waals surface area contributed by atoms with E-state index in [4.69, 9.17) is 5.73 Å². The number of carbonyl (C=O) groups is 1. The monoisotopic (exact) mass is 244 g/mol. The van der Waals surface area contributed by atoms with Gasteiger partial charge in [-0.05, 0) is 43.7 Å². The number of hydrogen-bond donors (Lipinski definition) is 2. The highest BCUT2D eigenvalue weighted by Gasteiger charge is 2.39. The van der Waals surface area contributed by atoms with Gasteiger partial charge < -0.3 is 11.1 Å². The molecule has 3 heteroatoms. The molecule has 3 rings (SSSR count). The zero-order valence-electron chi connectivity index (χ0n) is 10.8. The summed E-state index contributed by atoms with van der Waals surface area (Å²) < 4.78 is 0. The quantitative estimate of drug-likeness (QED) is 0.851. The van der Waals surface area contributed by atoms with Crippen molar-refractivity contribution in [2.45, 2.75) is 50.1 Å². The minimum atomic E-state index is -0.0853. The van der Waals surface area contributed by atoms with E-state index in [0.717, 1.165) is 31.2 Å². The molecular formula is C15H20N2O. The first-order chi connectivity index (χ1) is 8.58. The number of nitrogens with two attached hydrogens (primary N) is 1. The fourth-order valence-corrected chi connectivity index (χ4v) is 2.23. The SMILES string of the molecule is CC(C(=O)NC1CC1)c1ccc(C2(N)CC2)cc1. The van der Waals surface area contributed by atoms with Crippen molar-refractivity contribution in [1.29, 1.82) is 0 Å². The van der Waals surface area contributed by atoms with E-state index < -0.39 is 0 Å². The third-order valence-corrected chi connectivity index (χ3v) is 4.09. The van der Waals surface area contributed by atoms with Crippen LogP contribution in [0.2, 0.25) is 0 Å². The number of benzene rings is 1.